The molecule has 0 bridgehead atoms. The fourth-order valence-corrected chi connectivity index (χ4v) is 2.04. The fourth-order valence-electron chi connectivity index (χ4n) is 2.04. The molecule has 1 heterocycles. The van der Waals surface area contributed by atoms with E-state index < -0.39 is 6.09 Å². The van der Waals surface area contributed by atoms with Gasteiger partial charge in [-0.25, -0.2) is 4.79 Å². The van der Waals surface area contributed by atoms with E-state index in [1.54, 1.807) is 30.5 Å². The lowest BCUT2D eigenvalue weighted by atomic mass is 10.2. The van der Waals surface area contributed by atoms with Crippen molar-refractivity contribution < 1.29 is 19.1 Å². The molecule has 0 aliphatic heterocycles. The Hall–Kier alpha value is -2.93. The number of anilines is 2. The lowest BCUT2D eigenvalue weighted by Gasteiger charge is -2.09. The Kier molecular flexibility index (Phi) is 6.91. The molecule has 2 rings (SSSR count). The van der Waals surface area contributed by atoms with Crippen molar-refractivity contribution in [3.05, 3.63) is 53.9 Å². The van der Waals surface area contributed by atoms with Gasteiger partial charge in [0.15, 0.2) is 0 Å². The Balaban J connectivity index is 1.88. The first kappa shape index (κ1) is 18.4. The normalized spacial score (nSPS) is 10.2. The number of hydrogen-bond acceptors (Lipinski definition) is 5. The lowest BCUT2D eigenvalue weighted by Crippen LogP contribution is -2.17. The highest BCUT2D eigenvalue weighted by molar-refractivity contribution is 5.93. The van der Waals surface area contributed by atoms with Crippen LogP contribution in [0, 0.1) is 6.92 Å². The van der Waals surface area contributed by atoms with Crippen molar-refractivity contribution in [2.75, 3.05) is 31.0 Å². The number of aromatic nitrogens is 1. The zero-order valence-electron chi connectivity index (χ0n) is 14.2. The first-order valence-electron chi connectivity index (χ1n) is 7.81. The van der Waals surface area contributed by atoms with Crippen molar-refractivity contribution in [1.29, 1.82) is 0 Å². The third kappa shape index (κ3) is 6.60. The van der Waals surface area contributed by atoms with E-state index in [2.05, 4.69) is 15.6 Å². The van der Waals surface area contributed by atoms with Gasteiger partial charge in [-0.15, -0.1) is 0 Å². The predicted molar refractivity (Wildman–Crippen MR) is 94.6 cm³/mol. The summed E-state index contributed by atoms with van der Waals surface area (Å²) in [5.74, 6) is -0.162. The Labute approximate surface area is 146 Å². The second-order valence-electron chi connectivity index (χ2n) is 5.37. The smallest absolute Gasteiger partial charge is 0.411 e. The Morgan fingerprint density at radius 2 is 1.84 bits per heavy atom. The SMILES string of the molecule is COCCOC(=O)Nc1cccc(NC(=O)Cc2ccc(C)nc2)c1. The highest BCUT2D eigenvalue weighted by Gasteiger charge is 2.07. The zero-order chi connectivity index (χ0) is 18.1. The molecule has 2 amide bonds. The number of amides is 2. The van der Waals surface area contributed by atoms with Crippen LogP contribution in [0.3, 0.4) is 0 Å². The van der Waals surface area contributed by atoms with Crippen LogP contribution < -0.4 is 10.6 Å². The van der Waals surface area contributed by atoms with Gasteiger partial charge in [0, 0.05) is 30.4 Å². The molecule has 2 aromatic rings. The number of carbonyl (C=O) groups excluding carboxylic acids is 2. The second kappa shape index (κ2) is 9.39. The number of ether oxygens (including phenoxy) is 2. The van der Waals surface area contributed by atoms with Crippen molar-refractivity contribution >= 4 is 23.4 Å². The molecule has 0 saturated heterocycles. The van der Waals surface area contributed by atoms with Gasteiger partial charge >= 0.3 is 6.09 Å². The van der Waals surface area contributed by atoms with E-state index in [4.69, 9.17) is 9.47 Å². The number of pyridine rings is 1. The average molecular weight is 343 g/mol. The minimum Gasteiger partial charge on any atom is -0.447 e. The molecule has 7 nitrogen and oxygen atoms in total. The molecule has 0 fully saturated rings. The van der Waals surface area contributed by atoms with Crippen molar-refractivity contribution in [2.24, 2.45) is 0 Å². The summed E-state index contributed by atoms with van der Waals surface area (Å²) in [6, 6.07) is 10.6. The summed E-state index contributed by atoms with van der Waals surface area (Å²) < 4.78 is 9.73. The fraction of sp³-hybridized carbons (Fsp3) is 0.278. The van der Waals surface area contributed by atoms with Crippen molar-refractivity contribution in [3.8, 4) is 0 Å². The van der Waals surface area contributed by atoms with Crippen LogP contribution in [0.2, 0.25) is 0 Å². The topological polar surface area (TPSA) is 89.5 Å². The molecule has 132 valence electrons. The predicted octanol–water partition coefficient (Wildman–Crippen LogP) is 2.77. The molecule has 0 aliphatic rings. The summed E-state index contributed by atoms with van der Waals surface area (Å²) in [5, 5.41) is 5.38. The largest absolute Gasteiger partial charge is 0.447 e. The molecule has 2 N–H and O–H groups in total. The molecule has 0 unspecified atom stereocenters. The molecule has 1 aromatic heterocycles. The first-order chi connectivity index (χ1) is 12.1. The Morgan fingerprint density at radius 1 is 1.08 bits per heavy atom. The minimum absolute atomic E-state index is 0.162. The third-order valence-electron chi connectivity index (χ3n) is 3.25. The van der Waals surface area contributed by atoms with E-state index in [-0.39, 0.29) is 18.9 Å². The number of carbonyl (C=O) groups is 2. The van der Waals surface area contributed by atoms with Gasteiger partial charge in [-0.1, -0.05) is 12.1 Å². The molecule has 1 aromatic carbocycles. The highest BCUT2D eigenvalue weighted by atomic mass is 16.6. The van der Waals surface area contributed by atoms with E-state index in [0.717, 1.165) is 11.3 Å². The van der Waals surface area contributed by atoms with E-state index in [9.17, 15) is 9.59 Å². The molecular weight excluding hydrogens is 322 g/mol. The third-order valence-corrected chi connectivity index (χ3v) is 3.25. The molecule has 0 radical (unpaired) electrons. The summed E-state index contributed by atoms with van der Waals surface area (Å²) in [5.41, 5.74) is 2.84. The number of nitrogens with one attached hydrogen (secondary N) is 2. The first-order valence-corrected chi connectivity index (χ1v) is 7.81. The van der Waals surface area contributed by atoms with Gasteiger partial charge in [0.05, 0.1) is 13.0 Å². The van der Waals surface area contributed by atoms with Crippen LogP contribution >= 0.6 is 0 Å². The molecule has 0 aliphatic carbocycles. The van der Waals surface area contributed by atoms with Crippen LogP contribution in [0.15, 0.2) is 42.6 Å². The van der Waals surface area contributed by atoms with Crippen LogP contribution in [0.4, 0.5) is 16.2 Å². The van der Waals surface area contributed by atoms with Crippen LogP contribution in [0.25, 0.3) is 0 Å². The number of rotatable bonds is 7. The molecule has 0 saturated carbocycles. The molecule has 0 spiro atoms. The van der Waals surface area contributed by atoms with Crippen molar-refractivity contribution in [1.82, 2.24) is 4.98 Å². The summed E-state index contributed by atoms with van der Waals surface area (Å²) >= 11 is 0. The van der Waals surface area contributed by atoms with Gasteiger partial charge in [-0.2, -0.15) is 0 Å². The van der Waals surface area contributed by atoms with E-state index in [1.807, 2.05) is 19.1 Å². The number of benzene rings is 1. The molecule has 0 atom stereocenters. The second-order valence-corrected chi connectivity index (χ2v) is 5.37. The molecule has 25 heavy (non-hydrogen) atoms. The highest BCUT2D eigenvalue weighted by Crippen LogP contribution is 2.16. The average Bonchev–Trinajstić information content (AvgIpc) is 2.57. The molecule has 7 heteroatoms. The maximum Gasteiger partial charge on any atom is 0.411 e. The van der Waals surface area contributed by atoms with Gasteiger partial charge in [-0.05, 0) is 36.8 Å². The monoisotopic (exact) mass is 343 g/mol. The van der Waals surface area contributed by atoms with Crippen molar-refractivity contribution in [3.63, 3.8) is 0 Å². The van der Waals surface area contributed by atoms with Crippen molar-refractivity contribution in [2.45, 2.75) is 13.3 Å². The quantitative estimate of drug-likeness (QED) is 0.755. The maximum atomic E-state index is 12.1. The van der Waals surface area contributed by atoms with Crippen LogP contribution in [0.1, 0.15) is 11.3 Å². The van der Waals surface area contributed by atoms with Gasteiger partial charge < -0.3 is 14.8 Å². The van der Waals surface area contributed by atoms with Gasteiger partial charge in [0.1, 0.15) is 6.61 Å². The van der Waals surface area contributed by atoms with Crippen LogP contribution in [0.5, 0.6) is 0 Å². The van der Waals surface area contributed by atoms with Crippen LogP contribution in [-0.2, 0) is 20.7 Å². The summed E-state index contributed by atoms with van der Waals surface area (Å²) in [6.07, 6.45) is 1.33. The number of hydrogen-bond donors (Lipinski definition) is 2. The zero-order valence-corrected chi connectivity index (χ0v) is 14.2. The summed E-state index contributed by atoms with van der Waals surface area (Å²) in [7, 11) is 1.53. The summed E-state index contributed by atoms with van der Waals surface area (Å²) in [4.78, 5) is 27.9. The van der Waals surface area contributed by atoms with Gasteiger partial charge in [0.2, 0.25) is 5.91 Å². The van der Waals surface area contributed by atoms with Gasteiger partial charge in [0.25, 0.3) is 0 Å². The van der Waals surface area contributed by atoms with E-state index in [1.165, 1.54) is 7.11 Å². The van der Waals surface area contributed by atoms with E-state index >= 15 is 0 Å². The van der Waals surface area contributed by atoms with E-state index in [0.29, 0.717) is 18.0 Å². The minimum atomic E-state index is -0.578. The number of aryl methyl sites for hydroxylation is 1. The lowest BCUT2D eigenvalue weighted by molar-refractivity contribution is -0.115. The number of methoxy groups -OCH3 is 1. The standard InChI is InChI=1S/C18H21N3O4/c1-13-6-7-14(12-19-13)10-17(22)20-15-4-3-5-16(11-15)21-18(23)25-9-8-24-2/h3-7,11-12H,8-10H2,1-2H3,(H,20,22)(H,21,23). The number of nitrogens with zero attached hydrogens (tertiary/aromatic N) is 1. The van der Waals surface area contributed by atoms with Crippen LogP contribution in [-0.4, -0.2) is 37.3 Å². The Bertz CT molecular complexity index is 717. The van der Waals surface area contributed by atoms with Gasteiger partial charge in [-0.3, -0.25) is 15.1 Å². The molecular formula is C18H21N3O4. The summed E-state index contributed by atoms with van der Waals surface area (Å²) in [6.45, 7) is 2.39. The Morgan fingerprint density at radius 3 is 2.52 bits per heavy atom. The maximum absolute atomic E-state index is 12.1.